The Kier molecular flexibility index (Phi) is 4.75. The van der Waals surface area contributed by atoms with E-state index in [2.05, 4.69) is 18.3 Å². The third-order valence-corrected chi connectivity index (χ3v) is 5.66. The van der Waals surface area contributed by atoms with E-state index < -0.39 is 10.8 Å². The molecule has 1 atom stereocenters. The highest BCUT2D eigenvalue weighted by molar-refractivity contribution is 7.16. The molecule has 1 aliphatic rings. The Hall–Kier alpha value is -2.43. The van der Waals surface area contributed by atoms with Gasteiger partial charge in [0.15, 0.2) is 0 Å². The van der Waals surface area contributed by atoms with E-state index in [0.29, 0.717) is 16.5 Å². The minimum atomic E-state index is -0.646. The van der Waals surface area contributed by atoms with Crippen molar-refractivity contribution in [2.75, 3.05) is 5.32 Å². The molecule has 0 saturated heterocycles. The topological polar surface area (TPSA) is 96.0 Å². The van der Waals surface area contributed by atoms with Crippen molar-refractivity contribution in [3.8, 4) is 6.07 Å². The Morgan fingerprint density at radius 2 is 2.28 bits per heavy atom. The molecule has 6 nitrogen and oxygen atoms in total. The Labute approximate surface area is 153 Å². The molecule has 8 heteroatoms. The summed E-state index contributed by atoms with van der Waals surface area (Å²) in [5, 5.41) is 23.9. The quantitative estimate of drug-likeness (QED) is 0.628. The molecule has 2 aromatic rings. The highest BCUT2D eigenvalue weighted by Gasteiger charge is 2.26. The zero-order chi connectivity index (χ0) is 18.1. The number of nitrogens with one attached hydrogen (secondary N) is 1. The fourth-order valence-corrected chi connectivity index (χ4v) is 4.50. The molecule has 0 bridgehead atoms. The van der Waals surface area contributed by atoms with Crippen LogP contribution in [0.3, 0.4) is 0 Å². The van der Waals surface area contributed by atoms with E-state index in [0.717, 1.165) is 35.8 Å². The Bertz CT molecular complexity index is 917. The van der Waals surface area contributed by atoms with E-state index in [4.69, 9.17) is 11.6 Å². The minimum Gasteiger partial charge on any atom is -0.312 e. The summed E-state index contributed by atoms with van der Waals surface area (Å²) in [7, 11) is 0. The van der Waals surface area contributed by atoms with Crippen LogP contribution in [0.5, 0.6) is 0 Å². The maximum Gasteiger partial charge on any atom is 0.283 e. The molecule has 25 heavy (non-hydrogen) atoms. The van der Waals surface area contributed by atoms with Gasteiger partial charge in [0.1, 0.15) is 16.6 Å². The highest BCUT2D eigenvalue weighted by Crippen LogP contribution is 2.39. The average Bonchev–Trinajstić information content (AvgIpc) is 2.90. The number of hydrogen-bond donors (Lipinski definition) is 1. The summed E-state index contributed by atoms with van der Waals surface area (Å²) in [5.74, 6) is -0.0786. The van der Waals surface area contributed by atoms with E-state index in [-0.39, 0.29) is 16.3 Å². The predicted octanol–water partition coefficient (Wildman–Crippen LogP) is 4.56. The first-order valence-corrected chi connectivity index (χ1v) is 8.90. The van der Waals surface area contributed by atoms with E-state index in [1.54, 1.807) is 0 Å². The van der Waals surface area contributed by atoms with Gasteiger partial charge in [-0.25, -0.2) is 0 Å². The van der Waals surface area contributed by atoms with E-state index >= 15 is 0 Å². The second-order valence-corrected chi connectivity index (χ2v) is 7.58. The van der Waals surface area contributed by atoms with Gasteiger partial charge in [0, 0.05) is 16.0 Å². The van der Waals surface area contributed by atoms with E-state index in [1.165, 1.54) is 23.5 Å². The average molecular weight is 376 g/mol. The molecule has 1 aromatic carbocycles. The van der Waals surface area contributed by atoms with Crippen LogP contribution in [0.2, 0.25) is 5.02 Å². The number of thiophene rings is 1. The van der Waals surface area contributed by atoms with Gasteiger partial charge >= 0.3 is 0 Å². The van der Waals surface area contributed by atoms with Crippen LogP contribution in [-0.2, 0) is 12.8 Å². The number of amides is 1. The van der Waals surface area contributed by atoms with Crippen LogP contribution in [0.1, 0.15) is 39.7 Å². The molecule has 3 rings (SSSR count). The van der Waals surface area contributed by atoms with E-state index in [1.807, 2.05) is 0 Å². The molecule has 0 spiro atoms. The summed E-state index contributed by atoms with van der Waals surface area (Å²) in [4.78, 5) is 24.2. The first-order valence-electron chi connectivity index (χ1n) is 7.70. The predicted molar refractivity (Wildman–Crippen MR) is 96.3 cm³/mol. The lowest BCUT2D eigenvalue weighted by atomic mass is 9.88. The lowest BCUT2D eigenvalue weighted by molar-refractivity contribution is -0.385. The number of hydrogen-bond acceptors (Lipinski definition) is 5. The van der Waals surface area contributed by atoms with Crippen LogP contribution in [0.4, 0.5) is 10.7 Å². The fourth-order valence-electron chi connectivity index (χ4n) is 2.98. The second kappa shape index (κ2) is 6.82. The molecule has 0 fully saturated rings. The molecular formula is C17H14ClN3O3S. The first-order chi connectivity index (χ1) is 11.9. The smallest absolute Gasteiger partial charge is 0.283 e. The summed E-state index contributed by atoms with van der Waals surface area (Å²) in [5.41, 5.74) is 1.01. The van der Waals surface area contributed by atoms with Gasteiger partial charge in [-0.3, -0.25) is 14.9 Å². The maximum absolute atomic E-state index is 12.5. The van der Waals surface area contributed by atoms with Crippen molar-refractivity contribution in [3.05, 3.63) is 54.9 Å². The van der Waals surface area contributed by atoms with Crippen LogP contribution in [0.15, 0.2) is 18.2 Å². The van der Waals surface area contributed by atoms with E-state index in [9.17, 15) is 20.2 Å². The number of halogens is 1. The van der Waals surface area contributed by atoms with Gasteiger partial charge in [0.2, 0.25) is 0 Å². The summed E-state index contributed by atoms with van der Waals surface area (Å²) >= 11 is 7.16. The van der Waals surface area contributed by atoms with Gasteiger partial charge in [-0.1, -0.05) is 18.5 Å². The van der Waals surface area contributed by atoms with Crippen molar-refractivity contribution in [1.82, 2.24) is 0 Å². The summed E-state index contributed by atoms with van der Waals surface area (Å²) in [6, 6.07) is 6.05. The molecule has 0 radical (unpaired) electrons. The van der Waals surface area contributed by atoms with Crippen LogP contribution < -0.4 is 5.32 Å². The Morgan fingerprint density at radius 3 is 2.96 bits per heavy atom. The fraction of sp³-hybridized carbons (Fsp3) is 0.294. The third-order valence-electron chi connectivity index (χ3n) is 4.25. The van der Waals surface area contributed by atoms with Crippen molar-refractivity contribution in [2.24, 2.45) is 5.92 Å². The van der Waals surface area contributed by atoms with Crippen molar-refractivity contribution in [1.29, 1.82) is 5.26 Å². The molecule has 128 valence electrons. The molecule has 1 aliphatic carbocycles. The number of nitro groups is 1. The summed E-state index contributed by atoms with van der Waals surface area (Å²) in [6.45, 7) is 2.16. The number of benzene rings is 1. The van der Waals surface area contributed by atoms with Crippen LogP contribution in [0.25, 0.3) is 0 Å². The molecular weight excluding hydrogens is 362 g/mol. The largest absolute Gasteiger partial charge is 0.312 e. The monoisotopic (exact) mass is 375 g/mol. The van der Waals surface area contributed by atoms with Gasteiger partial charge in [0.25, 0.3) is 11.6 Å². The SMILES string of the molecule is CC1CCc2c(sc(NC(=O)c3ccc(Cl)cc3[N+](=O)[O-])c2C#N)C1. The number of nitro benzene ring substituents is 1. The lowest BCUT2D eigenvalue weighted by Gasteiger charge is -2.17. The lowest BCUT2D eigenvalue weighted by Crippen LogP contribution is -2.14. The van der Waals surface area contributed by atoms with Crippen LogP contribution in [-0.4, -0.2) is 10.8 Å². The molecule has 1 unspecified atom stereocenters. The van der Waals surface area contributed by atoms with Crippen molar-refractivity contribution in [3.63, 3.8) is 0 Å². The van der Waals surface area contributed by atoms with Crippen LogP contribution in [0, 0.1) is 27.4 Å². The molecule has 0 aliphatic heterocycles. The van der Waals surface area contributed by atoms with Crippen molar-refractivity contribution >= 4 is 39.5 Å². The number of rotatable bonds is 3. The zero-order valence-corrected chi connectivity index (χ0v) is 14.9. The molecule has 1 heterocycles. The van der Waals surface area contributed by atoms with Gasteiger partial charge in [-0.05, 0) is 42.9 Å². The highest BCUT2D eigenvalue weighted by atomic mass is 35.5. The summed E-state index contributed by atoms with van der Waals surface area (Å²) in [6.07, 6.45) is 2.70. The standard InChI is InChI=1S/C17H14ClN3O3S/c1-9-2-4-11-13(8-19)17(25-15(11)6-9)20-16(22)12-5-3-10(18)7-14(12)21(23)24/h3,5,7,9H,2,4,6H2,1H3,(H,20,22). The number of fused-ring (bicyclic) bond motifs is 1. The van der Waals surface area contributed by atoms with Gasteiger partial charge in [-0.2, -0.15) is 5.26 Å². The molecule has 1 aromatic heterocycles. The number of carbonyl (C=O) groups is 1. The van der Waals surface area contributed by atoms with Gasteiger partial charge in [-0.15, -0.1) is 11.3 Å². The van der Waals surface area contributed by atoms with Gasteiger partial charge < -0.3 is 5.32 Å². The third kappa shape index (κ3) is 3.36. The Morgan fingerprint density at radius 1 is 1.52 bits per heavy atom. The van der Waals surface area contributed by atoms with Crippen LogP contribution >= 0.6 is 22.9 Å². The van der Waals surface area contributed by atoms with Gasteiger partial charge in [0.05, 0.1) is 10.5 Å². The van der Waals surface area contributed by atoms with Crippen molar-refractivity contribution in [2.45, 2.75) is 26.2 Å². The maximum atomic E-state index is 12.5. The normalized spacial score (nSPS) is 16.0. The van der Waals surface area contributed by atoms with Crippen molar-refractivity contribution < 1.29 is 9.72 Å². The number of nitriles is 1. The Balaban J connectivity index is 1.95. The minimum absolute atomic E-state index is 0.0852. The number of anilines is 1. The summed E-state index contributed by atoms with van der Waals surface area (Å²) < 4.78 is 0. The molecule has 1 N–H and O–H groups in total. The first kappa shape index (κ1) is 17.4. The molecule has 1 amide bonds. The molecule has 0 saturated carbocycles. The number of carbonyl (C=O) groups excluding carboxylic acids is 1. The number of nitrogens with zero attached hydrogens (tertiary/aromatic N) is 2. The zero-order valence-electron chi connectivity index (χ0n) is 13.3. The second-order valence-electron chi connectivity index (χ2n) is 6.04.